The highest BCUT2D eigenvalue weighted by molar-refractivity contribution is 9.11. The van der Waals surface area contributed by atoms with Gasteiger partial charge in [0.05, 0.1) is 5.69 Å². The minimum absolute atomic E-state index is 0.852. The molecule has 96 valence electrons. The minimum Gasteiger partial charge on any atom is -0.383 e. The van der Waals surface area contributed by atoms with Crippen LogP contribution in [0.5, 0.6) is 0 Å². The molecule has 0 aliphatic carbocycles. The van der Waals surface area contributed by atoms with Gasteiger partial charge in [0.2, 0.25) is 0 Å². The van der Waals surface area contributed by atoms with E-state index < -0.39 is 0 Å². The van der Waals surface area contributed by atoms with Crippen molar-refractivity contribution in [3.63, 3.8) is 0 Å². The third kappa shape index (κ3) is 3.14. The Balaban J connectivity index is 2.01. The Kier molecular flexibility index (Phi) is 4.45. The Morgan fingerprint density at radius 3 is 2.50 bits per heavy atom. The zero-order chi connectivity index (χ0) is 13.1. The summed E-state index contributed by atoms with van der Waals surface area (Å²) in [4.78, 5) is 4.31. The van der Waals surface area contributed by atoms with Crippen molar-refractivity contribution in [1.29, 1.82) is 0 Å². The Morgan fingerprint density at radius 1 is 1.28 bits per heavy atom. The molecule has 5 heteroatoms. The van der Waals surface area contributed by atoms with Crippen LogP contribution in [0.3, 0.4) is 0 Å². The van der Waals surface area contributed by atoms with Gasteiger partial charge in [-0.1, -0.05) is 0 Å². The van der Waals surface area contributed by atoms with Crippen LogP contribution in [-0.4, -0.2) is 16.1 Å². The van der Waals surface area contributed by atoms with E-state index in [2.05, 4.69) is 61.2 Å². The number of anilines is 1. The largest absolute Gasteiger partial charge is 0.383 e. The summed E-state index contributed by atoms with van der Waals surface area (Å²) in [5.41, 5.74) is 2.32. The molecule has 1 N–H and O–H groups in total. The Morgan fingerprint density at radius 2 is 1.94 bits per heavy atom. The molecule has 0 spiro atoms. The van der Waals surface area contributed by atoms with Gasteiger partial charge < -0.3 is 9.88 Å². The summed E-state index contributed by atoms with van der Waals surface area (Å²) in [6, 6.07) is 4.21. The van der Waals surface area contributed by atoms with Gasteiger partial charge in [0.25, 0.3) is 0 Å². The first kappa shape index (κ1) is 13.6. The van der Waals surface area contributed by atoms with Crippen molar-refractivity contribution in [2.24, 2.45) is 7.05 Å². The standard InChI is InChI=1S/C13H15Br2N3/c1-9-7-10(14)13(11(15)8-9)17-4-3-12-16-5-6-18(12)2/h5-8,17H,3-4H2,1-2H3. The molecule has 2 aromatic rings. The number of nitrogens with zero attached hydrogens (tertiary/aromatic N) is 2. The van der Waals surface area contributed by atoms with Crippen molar-refractivity contribution >= 4 is 37.5 Å². The third-order valence-corrected chi connectivity index (χ3v) is 4.01. The summed E-state index contributed by atoms with van der Waals surface area (Å²) in [5.74, 6) is 1.09. The predicted molar refractivity (Wildman–Crippen MR) is 82.0 cm³/mol. The lowest BCUT2D eigenvalue weighted by molar-refractivity contribution is 0.789. The fourth-order valence-electron chi connectivity index (χ4n) is 1.81. The molecule has 1 heterocycles. The van der Waals surface area contributed by atoms with Crippen LogP contribution >= 0.6 is 31.9 Å². The molecular formula is C13H15Br2N3. The first-order valence-corrected chi connectivity index (χ1v) is 7.32. The normalized spacial score (nSPS) is 10.7. The van der Waals surface area contributed by atoms with E-state index in [0.717, 1.165) is 33.4 Å². The summed E-state index contributed by atoms with van der Waals surface area (Å²) in [6.07, 6.45) is 4.69. The second-order valence-electron chi connectivity index (χ2n) is 4.23. The highest BCUT2D eigenvalue weighted by Crippen LogP contribution is 2.32. The van der Waals surface area contributed by atoms with E-state index in [1.807, 2.05) is 24.0 Å². The quantitative estimate of drug-likeness (QED) is 0.881. The van der Waals surface area contributed by atoms with Gasteiger partial charge in [0.1, 0.15) is 5.82 Å². The molecule has 1 aromatic carbocycles. The van der Waals surface area contributed by atoms with Crippen LogP contribution in [0.15, 0.2) is 33.5 Å². The third-order valence-electron chi connectivity index (χ3n) is 2.76. The van der Waals surface area contributed by atoms with Crippen LogP contribution < -0.4 is 5.32 Å². The molecule has 18 heavy (non-hydrogen) atoms. The van der Waals surface area contributed by atoms with E-state index in [9.17, 15) is 0 Å². The van der Waals surface area contributed by atoms with Gasteiger partial charge in [0.15, 0.2) is 0 Å². The molecule has 0 aliphatic rings. The monoisotopic (exact) mass is 371 g/mol. The summed E-state index contributed by atoms with van der Waals surface area (Å²) in [7, 11) is 2.01. The number of hydrogen-bond donors (Lipinski definition) is 1. The van der Waals surface area contributed by atoms with E-state index >= 15 is 0 Å². The van der Waals surface area contributed by atoms with Crippen molar-refractivity contribution in [3.05, 3.63) is 44.9 Å². The lowest BCUT2D eigenvalue weighted by Crippen LogP contribution is -2.09. The number of aryl methyl sites for hydroxylation is 2. The molecular weight excluding hydrogens is 358 g/mol. The van der Waals surface area contributed by atoms with Crippen LogP contribution in [0.1, 0.15) is 11.4 Å². The maximum atomic E-state index is 4.31. The van der Waals surface area contributed by atoms with Gasteiger partial charge in [-0.05, 0) is 56.5 Å². The Bertz CT molecular complexity index is 526. The van der Waals surface area contributed by atoms with Gasteiger partial charge in [-0.25, -0.2) is 4.98 Å². The summed E-state index contributed by atoms with van der Waals surface area (Å²) in [6.45, 7) is 2.93. The van der Waals surface area contributed by atoms with Crippen LogP contribution in [0.25, 0.3) is 0 Å². The first-order valence-electron chi connectivity index (χ1n) is 5.73. The van der Waals surface area contributed by atoms with Crippen molar-refractivity contribution in [3.8, 4) is 0 Å². The van der Waals surface area contributed by atoms with Crippen molar-refractivity contribution < 1.29 is 0 Å². The average molecular weight is 373 g/mol. The van der Waals surface area contributed by atoms with Crippen molar-refractivity contribution in [1.82, 2.24) is 9.55 Å². The molecule has 2 rings (SSSR count). The number of halogens is 2. The van der Waals surface area contributed by atoms with Gasteiger partial charge in [-0.15, -0.1) is 0 Å². The molecule has 0 atom stereocenters. The summed E-state index contributed by atoms with van der Waals surface area (Å²) < 4.78 is 4.20. The van der Waals surface area contributed by atoms with E-state index in [0.29, 0.717) is 0 Å². The van der Waals surface area contributed by atoms with Crippen LogP contribution in [-0.2, 0) is 13.5 Å². The van der Waals surface area contributed by atoms with Crippen LogP contribution in [0.2, 0.25) is 0 Å². The molecule has 3 nitrogen and oxygen atoms in total. The van der Waals surface area contributed by atoms with E-state index in [4.69, 9.17) is 0 Å². The lowest BCUT2D eigenvalue weighted by Gasteiger charge is -2.11. The Labute approximate surface area is 124 Å². The number of hydrogen-bond acceptors (Lipinski definition) is 2. The maximum absolute atomic E-state index is 4.31. The predicted octanol–water partition coefficient (Wildman–Crippen LogP) is 3.91. The molecule has 0 bridgehead atoms. The lowest BCUT2D eigenvalue weighted by atomic mass is 10.2. The number of aromatic nitrogens is 2. The molecule has 1 aromatic heterocycles. The molecule has 0 radical (unpaired) electrons. The van der Waals surface area contributed by atoms with Crippen molar-refractivity contribution in [2.75, 3.05) is 11.9 Å². The number of imidazole rings is 1. The van der Waals surface area contributed by atoms with E-state index in [1.165, 1.54) is 5.56 Å². The molecule has 0 fully saturated rings. The molecule has 0 aliphatic heterocycles. The zero-order valence-corrected chi connectivity index (χ0v) is 13.5. The zero-order valence-electron chi connectivity index (χ0n) is 10.4. The molecule has 0 saturated heterocycles. The van der Waals surface area contributed by atoms with Gasteiger partial charge >= 0.3 is 0 Å². The summed E-state index contributed by atoms with van der Waals surface area (Å²) >= 11 is 7.16. The minimum atomic E-state index is 0.852. The highest BCUT2D eigenvalue weighted by Gasteiger charge is 2.06. The highest BCUT2D eigenvalue weighted by atomic mass is 79.9. The second kappa shape index (κ2) is 5.89. The van der Waals surface area contributed by atoms with Gasteiger partial charge in [-0.2, -0.15) is 0 Å². The van der Waals surface area contributed by atoms with Crippen LogP contribution in [0, 0.1) is 6.92 Å². The average Bonchev–Trinajstić information content (AvgIpc) is 2.68. The number of rotatable bonds is 4. The SMILES string of the molecule is Cc1cc(Br)c(NCCc2nccn2C)c(Br)c1. The van der Waals surface area contributed by atoms with E-state index in [1.54, 1.807) is 0 Å². The number of nitrogens with one attached hydrogen (secondary N) is 1. The second-order valence-corrected chi connectivity index (χ2v) is 5.94. The smallest absolute Gasteiger partial charge is 0.110 e. The molecule has 0 amide bonds. The maximum Gasteiger partial charge on any atom is 0.110 e. The summed E-state index contributed by atoms with van der Waals surface area (Å²) in [5, 5.41) is 3.43. The Hall–Kier alpha value is -0.810. The van der Waals surface area contributed by atoms with Crippen molar-refractivity contribution in [2.45, 2.75) is 13.3 Å². The molecule has 0 saturated carbocycles. The number of benzene rings is 1. The first-order chi connectivity index (χ1) is 8.58. The van der Waals surface area contributed by atoms with E-state index in [-0.39, 0.29) is 0 Å². The fourth-order valence-corrected chi connectivity index (χ4v) is 3.50. The van der Waals surface area contributed by atoms with Gasteiger partial charge in [0, 0.05) is 41.4 Å². The topological polar surface area (TPSA) is 29.9 Å². The fraction of sp³-hybridized carbons (Fsp3) is 0.308. The van der Waals surface area contributed by atoms with Crippen LogP contribution in [0.4, 0.5) is 5.69 Å². The van der Waals surface area contributed by atoms with Gasteiger partial charge in [-0.3, -0.25) is 0 Å². The molecule has 0 unspecified atom stereocenters.